The number of furan rings is 1. The van der Waals surface area contributed by atoms with Gasteiger partial charge >= 0.3 is 0 Å². The molecule has 0 bridgehead atoms. The molecule has 5 nitrogen and oxygen atoms in total. The molecule has 0 radical (unpaired) electrons. The molecule has 1 aliphatic rings. The summed E-state index contributed by atoms with van der Waals surface area (Å²) in [5, 5.41) is 10.7. The van der Waals surface area contributed by atoms with Crippen molar-refractivity contribution < 1.29 is 14.3 Å². The summed E-state index contributed by atoms with van der Waals surface area (Å²) in [7, 11) is 0. The fraction of sp³-hybridized carbons (Fsp3) is 0.235. The number of aromatic nitrogens is 1. The second kappa shape index (κ2) is 5.35. The molecule has 3 heterocycles. The van der Waals surface area contributed by atoms with Crippen molar-refractivity contribution in [2.24, 2.45) is 0 Å². The lowest BCUT2D eigenvalue weighted by molar-refractivity contribution is 0.0395. The first-order valence-electron chi connectivity index (χ1n) is 7.29. The lowest BCUT2D eigenvalue weighted by Crippen LogP contribution is -2.38. The van der Waals surface area contributed by atoms with E-state index in [0.29, 0.717) is 13.2 Å². The maximum atomic E-state index is 9.65. The van der Waals surface area contributed by atoms with E-state index in [1.807, 2.05) is 24.3 Å². The molecule has 0 saturated carbocycles. The summed E-state index contributed by atoms with van der Waals surface area (Å²) in [5.74, 6) is 1.17. The average Bonchev–Trinajstić information content (AvgIpc) is 3.03. The van der Waals surface area contributed by atoms with Crippen LogP contribution in [0.1, 0.15) is 11.7 Å². The largest absolute Gasteiger partial charge is 0.508 e. The van der Waals surface area contributed by atoms with Gasteiger partial charge in [0.05, 0.1) is 18.3 Å². The molecular formula is C17H16N2O3. The number of ether oxygens (including phenoxy) is 1. The molecule has 1 unspecified atom stereocenters. The Kier molecular flexibility index (Phi) is 3.20. The summed E-state index contributed by atoms with van der Waals surface area (Å²) in [6, 6.07) is 11.0. The Morgan fingerprint density at radius 2 is 2.18 bits per heavy atom. The van der Waals surface area contributed by atoms with Crippen LogP contribution in [0.15, 0.2) is 53.3 Å². The number of aromatic hydroxyl groups is 1. The van der Waals surface area contributed by atoms with Crippen molar-refractivity contribution in [2.75, 3.05) is 24.6 Å². The zero-order chi connectivity index (χ0) is 14.9. The summed E-state index contributed by atoms with van der Waals surface area (Å²) in [6.07, 6.45) is 3.37. The fourth-order valence-electron chi connectivity index (χ4n) is 2.90. The average molecular weight is 296 g/mol. The Bertz CT molecular complexity index is 799. The van der Waals surface area contributed by atoms with E-state index in [1.165, 1.54) is 0 Å². The molecule has 5 heteroatoms. The van der Waals surface area contributed by atoms with E-state index < -0.39 is 0 Å². The Morgan fingerprint density at radius 1 is 1.23 bits per heavy atom. The number of phenols is 1. The number of hydrogen-bond donors (Lipinski definition) is 1. The van der Waals surface area contributed by atoms with Gasteiger partial charge in [0, 0.05) is 19.3 Å². The maximum Gasteiger partial charge on any atom is 0.139 e. The molecule has 1 saturated heterocycles. The molecule has 0 spiro atoms. The van der Waals surface area contributed by atoms with Crippen molar-refractivity contribution in [2.45, 2.75) is 6.10 Å². The molecule has 3 aromatic rings. The standard InChI is InChI=1S/C17H16N2O3/c20-13-3-1-2-12(10-13)16-11-19(7-9-22-16)17-14-5-8-21-15(14)4-6-18-17/h1-6,8,10,16,20H,7,9,11H2. The van der Waals surface area contributed by atoms with Gasteiger partial charge in [-0.25, -0.2) is 4.98 Å². The minimum atomic E-state index is -0.0789. The second-order valence-electron chi connectivity index (χ2n) is 5.37. The first-order chi connectivity index (χ1) is 10.8. The third-order valence-electron chi connectivity index (χ3n) is 3.97. The van der Waals surface area contributed by atoms with Gasteiger partial charge < -0.3 is 19.2 Å². The molecule has 1 fully saturated rings. The van der Waals surface area contributed by atoms with Crippen LogP contribution in [-0.4, -0.2) is 29.8 Å². The quantitative estimate of drug-likeness (QED) is 0.787. The van der Waals surface area contributed by atoms with Crippen LogP contribution in [0.5, 0.6) is 5.75 Å². The predicted octanol–water partition coefficient (Wildman–Crippen LogP) is 3.11. The van der Waals surface area contributed by atoms with Gasteiger partial charge in [0.15, 0.2) is 0 Å². The highest BCUT2D eigenvalue weighted by atomic mass is 16.5. The second-order valence-corrected chi connectivity index (χ2v) is 5.37. The van der Waals surface area contributed by atoms with Gasteiger partial charge in [-0.05, 0) is 29.8 Å². The molecule has 1 aliphatic heterocycles. The van der Waals surface area contributed by atoms with Crippen LogP contribution in [0.2, 0.25) is 0 Å². The van der Waals surface area contributed by atoms with Gasteiger partial charge in [0.1, 0.15) is 23.3 Å². The van der Waals surface area contributed by atoms with Crippen LogP contribution in [0.25, 0.3) is 11.0 Å². The number of hydrogen-bond acceptors (Lipinski definition) is 5. The monoisotopic (exact) mass is 296 g/mol. The van der Waals surface area contributed by atoms with E-state index in [1.54, 1.807) is 24.6 Å². The fourth-order valence-corrected chi connectivity index (χ4v) is 2.90. The zero-order valence-electron chi connectivity index (χ0n) is 12.0. The molecule has 0 aliphatic carbocycles. The lowest BCUT2D eigenvalue weighted by Gasteiger charge is -2.34. The van der Waals surface area contributed by atoms with E-state index in [2.05, 4.69) is 9.88 Å². The third kappa shape index (κ3) is 2.29. The Labute approximate surface area is 127 Å². The Hall–Kier alpha value is -2.53. The number of nitrogens with zero attached hydrogens (tertiary/aromatic N) is 2. The van der Waals surface area contributed by atoms with Crippen molar-refractivity contribution in [3.8, 4) is 5.75 Å². The highest BCUT2D eigenvalue weighted by Crippen LogP contribution is 2.30. The topological polar surface area (TPSA) is 58.7 Å². The summed E-state index contributed by atoms with van der Waals surface area (Å²) >= 11 is 0. The van der Waals surface area contributed by atoms with E-state index >= 15 is 0 Å². The molecule has 112 valence electrons. The Morgan fingerprint density at radius 3 is 3.09 bits per heavy atom. The lowest BCUT2D eigenvalue weighted by atomic mass is 10.1. The van der Waals surface area contributed by atoms with Gasteiger partial charge in [-0.15, -0.1) is 0 Å². The number of pyridine rings is 1. The van der Waals surface area contributed by atoms with E-state index in [0.717, 1.165) is 28.9 Å². The normalized spacial score (nSPS) is 18.7. The molecule has 1 aromatic carbocycles. The molecule has 1 N–H and O–H groups in total. The minimum Gasteiger partial charge on any atom is -0.508 e. The first-order valence-corrected chi connectivity index (χ1v) is 7.29. The molecule has 22 heavy (non-hydrogen) atoms. The Balaban J connectivity index is 1.65. The summed E-state index contributed by atoms with van der Waals surface area (Å²) in [5.41, 5.74) is 1.81. The van der Waals surface area contributed by atoms with Crippen LogP contribution in [0, 0.1) is 0 Å². The number of benzene rings is 1. The van der Waals surface area contributed by atoms with Crippen LogP contribution in [-0.2, 0) is 4.74 Å². The van der Waals surface area contributed by atoms with Gasteiger partial charge in [0.25, 0.3) is 0 Å². The first kappa shape index (κ1) is 13.2. The smallest absolute Gasteiger partial charge is 0.139 e. The van der Waals surface area contributed by atoms with E-state index in [4.69, 9.17) is 9.15 Å². The van der Waals surface area contributed by atoms with Gasteiger partial charge in [-0.2, -0.15) is 0 Å². The summed E-state index contributed by atoms with van der Waals surface area (Å²) < 4.78 is 11.3. The van der Waals surface area contributed by atoms with E-state index in [9.17, 15) is 5.11 Å². The number of morpholine rings is 1. The number of fused-ring (bicyclic) bond motifs is 1. The van der Waals surface area contributed by atoms with Crippen molar-refractivity contribution in [3.63, 3.8) is 0 Å². The maximum absolute atomic E-state index is 9.65. The number of phenolic OH excluding ortho intramolecular Hbond substituents is 1. The molecule has 1 atom stereocenters. The van der Waals surface area contributed by atoms with E-state index in [-0.39, 0.29) is 11.9 Å². The van der Waals surface area contributed by atoms with Crippen LogP contribution >= 0.6 is 0 Å². The van der Waals surface area contributed by atoms with Crippen molar-refractivity contribution >= 4 is 16.8 Å². The summed E-state index contributed by atoms with van der Waals surface area (Å²) in [4.78, 5) is 6.71. The third-order valence-corrected chi connectivity index (χ3v) is 3.97. The minimum absolute atomic E-state index is 0.0789. The number of rotatable bonds is 2. The van der Waals surface area contributed by atoms with Crippen molar-refractivity contribution in [1.82, 2.24) is 4.98 Å². The van der Waals surface area contributed by atoms with Crippen molar-refractivity contribution in [1.29, 1.82) is 0 Å². The van der Waals surface area contributed by atoms with Crippen molar-refractivity contribution in [3.05, 3.63) is 54.4 Å². The molecule has 2 aromatic heterocycles. The highest BCUT2D eigenvalue weighted by Gasteiger charge is 2.24. The van der Waals surface area contributed by atoms with Gasteiger partial charge in [-0.3, -0.25) is 0 Å². The van der Waals surface area contributed by atoms with Gasteiger partial charge in [-0.1, -0.05) is 12.1 Å². The zero-order valence-corrected chi connectivity index (χ0v) is 12.0. The van der Waals surface area contributed by atoms with Crippen LogP contribution in [0.4, 0.5) is 5.82 Å². The number of anilines is 1. The highest BCUT2D eigenvalue weighted by molar-refractivity contribution is 5.88. The van der Waals surface area contributed by atoms with Crippen LogP contribution in [0.3, 0.4) is 0 Å². The molecule has 4 rings (SSSR count). The summed E-state index contributed by atoms with van der Waals surface area (Å²) in [6.45, 7) is 2.10. The van der Waals surface area contributed by atoms with Crippen LogP contribution < -0.4 is 4.90 Å². The molecule has 0 amide bonds. The molecular weight excluding hydrogens is 280 g/mol. The van der Waals surface area contributed by atoms with Gasteiger partial charge in [0.2, 0.25) is 0 Å². The predicted molar refractivity (Wildman–Crippen MR) is 83.0 cm³/mol. The SMILES string of the molecule is Oc1cccc(C2CN(c3nccc4occc34)CCO2)c1.